The average Bonchev–Trinajstić information content (AvgIpc) is 3.25. The fourth-order valence-electron chi connectivity index (χ4n) is 4.28. The fourth-order valence-corrected chi connectivity index (χ4v) is 4.28. The molecule has 0 unspecified atom stereocenters. The summed E-state index contributed by atoms with van der Waals surface area (Å²) in [6, 6.07) is 11.6. The van der Waals surface area contributed by atoms with Gasteiger partial charge in [-0.3, -0.25) is 4.79 Å². The Labute approximate surface area is 198 Å². The van der Waals surface area contributed by atoms with Crippen molar-refractivity contribution >= 4 is 29.2 Å². The quantitative estimate of drug-likeness (QED) is 0.595. The van der Waals surface area contributed by atoms with Gasteiger partial charge in [0.2, 0.25) is 11.9 Å². The molecule has 2 aliphatic heterocycles. The summed E-state index contributed by atoms with van der Waals surface area (Å²) >= 11 is 0. The first-order valence-corrected chi connectivity index (χ1v) is 11.7. The number of nitrogens with zero attached hydrogens (tertiary/aromatic N) is 6. The molecule has 0 bridgehead atoms. The molecule has 0 atom stereocenters. The number of nitrogens with two attached hydrogens (primary N) is 1. The van der Waals surface area contributed by atoms with Gasteiger partial charge < -0.3 is 25.6 Å². The van der Waals surface area contributed by atoms with Crippen molar-refractivity contribution < 1.29 is 9.53 Å². The van der Waals surface area contributed by atoms with Crippen LogP contribution in [0.15, 0.2) is 42.6 Å². The summed E-state index contributed by atoms with van der Waals surface area (Å²) in [6.07, 6.45) is 3.66. The highest BCUT2D eigenvalue weighted by Crippen LogP contribution is 2.22. The first kappa shape index (κ1) is 22.1. The molecule has 0 saturated carbocycles. The molecule has 10 heteroatoms. The molecule has 4 heterocycles. The van der Waals surface area contributed by atoms with Crippen LogP contribution in [0, 0.1) is 5.92 Å². The number of morpholine rings is 1. The van der Waals surface area contributed by atoms with Crippen molar-refractivity contribution in [1.29, 1.82) is 0 Å². The second-order valence-corrected chi connectivity index (χ2v) is 8.86. The van der Waals surface area contributed by atoms with E-state index < -0.39 is 0 Å². The van der Waals surface area contributed by atoms with E-state index in [1.165, 1.54) is 4.68 Å². The molecule has 0 spiro atoms. The summed E-state index contributed by atoms with van der Waals surface area (Å²) in [7, 11) is 0. The van der Waals surface area contributed by atoms with E-state index in [1.807, 2.05) is 17.0 Å². The number of carbonyl (C=O) groups is 1. The van der Waals surface area contributed by atoms with Gasteiger partial charge in [-0.15, -0.1) is 5.10 Å². The van der Waals surface area contributed by atoms with Crippen LogP contribution in [-0.2, 0) is 4.74 Å². The van der Waals surface area contributed by atoms with Crippen LogP contribution in [0.4, 0.5) is 23.3 Å². The third kappa shape index (κ3) is 4.81. The van der Waals surface area contributed by atoms with E-state index in [-0.39, 0.29) is 11.9 Å². The molecule has 0 aliphatic carbocycles. The molecule has 2 aliphatic rings. The first-order valence-electron chi connectivity index (χ1n) is 11.7. The number of hydrogen-bond donors (Lipinski definition) is 2. The molecule has 10 nitrogen and oxygen atoms in total. The Balaban J connectivity index is 1.25. The third-order valence-electron chi connectivity index (χ3n) is 6.41. The van der Waals surface area contributed by atoms with Crippen LogP contribution < -0.4 is 16.0 Å². The topological polar surface area (TPSA) is 114 Å². The van der Waals surface area contributed by atoms with Gasteiger partial charge in [0.25, 0.3) is 5.91 Å². The number of pyridine rings is 1. The number of piperidine rings is 1. The predicted molar refractivity (Wildman–Crippen MR) is 131 cm³/mol. The van der Waals surface area contributed by atoms with Crippen molar-refractivity contribution in [3.63, 3.8) is 0 Å². The summed E-state index contributed by atoms with van der Waals surface area (Å²) in [5.74, 6) is 1.78. The summed E-state index contributed by atoms with van der Waals surface area (Å²) in [4.78, 5) is 25.7. The largest absolute Gasteiger partial charge is 0.378 e. The van der Waals surface area contributed by atoms with Crippen molar-refractivity contribution in [3.05, 3.63) is 48.2 Å². The zero-order valence-electron chi connectivity index (χ0n) is 19.4. The number of amides is 1. The van der Waals surface area contributed by atoms with Crippen LogP contribution in [0.1, 0.15) is 30.1 Å². The number of carbonyl (C=O) groups excluding carboxylic acids is 1. The zero-order valence-corrected chi connectivity index (χ0v) is 19.4. The number of ether oxygens (including phenoxy) is 1. The first-order chi connectivity index (χ1) is 16.6. The van der Waals surface area contributed by atoms with E-state index in [4.69, 9.17) is 10.5 Å². The van der Waals surface area contributed by atoms with Gasteiger partial charge in [0.15, 0.2) is 5.82 Å². The standard InChI is InChI=1S/C24H30N8O2/c1-17-8-10-31(11-9-17)22(33)18-2-7-21(26-16-18)32-23(25)28-24(29-32)27-19-3-5-20(6-4-19)30-12-14-34-15-13-30/h2-7,16-17H,8-15H2,1H3,(H3,25,27,28,29). The highest BCUT2D eigenvalue weighted by atomic mass is 16.5. The summed E-state index contributed by atoms with van der Waals surface area (Å²) < 4.78 is 6.87. The van der Waals surface area contributed by atoms with Gasteiger partial charge in [-0.25, -0.2) is 4.98 Å². The lowest BCUT2D eigenvalue weighted by atomic mass is 9.99. The van der Waals surface area contributed by atoms with Crippen LogP contribution in [0.5, 0.6) is 0 Å². The van der Waals surface area contributed by atoms with Crippen LogP contribution in [0.25, 0.3) is 5.82 Å². The van der Waals surface area contributed by atoms with Gasteiger partial charge >= 0.3 is 0 Å². The van der Waals surface area contributed by atoms with Crippen molar-refractivity contribution in [1.82, 2.24) is 24.6 Å². The lowest BCUT2D eigenvalue weighted by molar-refractivity contribution is 0.0697. The summed E-state index contributed by atoms with van der Waals surface area (Å²) in [6.45, 7) is 7.10. The Kier molecular flexibility index (Phi) is 6.31. The Morgan fingerprint density at radius 1 is 1.06 bits per heavy atom. The van der Waals surface area contributed by atoms with Crippen molar-refractivity contribution in [3.8, 4) is 5.82 Å². The van der Waals surface area contributed by atoms with Gasteiger partial charge in [0, 0.05) is 43.8 Å². The number of likely N-dealkylation sites (tertiary alicyclic amines) is 1. The SMILES string of the molecule is CC1CCN(C(=O)c2ccc(-n3nc(Nc4ccc(N5CCOCC5)cc4)nc3N)nc2)CC1. The van der Waals surface area contributed by atoms with E-state index in [0.717, 1.165) is 63.6 Å². The number of anilines is 4. The molecule has 5 rings (SSSR count). The van der Waals surface area contributed by atoms with E-state index in [9.17, 15) is 4.79 Å². The number of benzene rings is 1. The number of nitrogens with one attached hydrogen (secondary N) is 1. The Bertz CT molecular complexity index is 1110. The molecular weight excluding hydrogens is 432 g/mol. The van der Waals surface area contributed by atoms with Crippen molar-refractivity contribution in [2.75, 3.05) is 55.3 Å². The van der Waals surface area contributed by atoms with E-state index in [0.29, 0.717) is 23.2 Å². The van der Waals surface area contributed by atoms with Gasteiger partial charge in [-0.05, 0) is 55.2 Å². The maximum atomic E-state index is 12.8. The number of nitrogen functional groups attached to an aromatic ring is 1. The van der Waals surface area contributed by atoms with Crippen LogP contribution in [0.2, 0.25) is 0 Å². The molecule has 2 aromatic heterocycles. The molecule has 0 radical (unpaired) electrons. The highest BCUT2D eigenvalue weighted by Gasteiger charge is 2.22. The van der Waals surface area contributed by atoms with Gasteiger partial charge in [-0.1, -0.05) is 6.92 Å². The van der Waals surface area contributed by atoms with Crippen LogP contribution in [-0.4, -0.2) is 69.9 Å². The van der Waals surface area contributed by atoms with Crippen molar-refractivity contribution in [2.45, 2.75) is 19.8 Å². The molecule has 2 saturated heterocycles. The number of hydrogen-bond acceptors (Lipinski definition) is 8. The molecule has 3 N–H and O–H groups in total. The van der Waals surface area contributed by atoms with E-state index in [2.05, 4.69) is 44.3 Å². The lowest BCUT2D eigenvalue weighted by Gasteiger charge is -2.30. The molecule has 34 heavy (non-hydrogen) atoms. The molecule has 178 valence electrons. The molecule has 1 aromatic carbocycles. The Morgan fingerprint density at radius 2 is 1.79 bits per heavy atom. The highest BCUT2D eigenvalue weighted by molar-refractivity contribution is 5.94. The Morgan fingerprint density at radius 3 is 2.47 bits per heavy atom. The minimum Gasteiger partial charge on any atom is -0.378 e. The zero-order chi connectivity index (χ0) is 23.5. The minimum absolute atomic E-state index is 0.0143. The van der Waals surface area contributed by atoms with E-state index >= 15 is 0 Å². The Hall–Kier alpha value is -3.66. The monoisotopic (exact) mass is 462 g/mol. The maximum absolute atomic E-state index is 12.8. The fraction of sp³-hybridized carbons (Fsp3) is 0.417. The molecule has 3 aromatic rings. The normalized spacial score (nSPS) is 17.1. The van der Waals surface area contributed by atoms with Gasteiger partial charge in [0.05, 0.1) is 18.8 Å². The molecular formula is C24H30N8O2. The van der Waals surface area contributed by atoms with Gasteiger partial charge in [-0.2, -0.15) is 9.67 Å². The van der Waals surface area contributed by atoms with Crippen LogP contribution in [0.3, 0.4) is 0 Å². The van der Waals surface area contributed by atoms with Gasteiger partial charge in [0.1, 0.15) is 0 Å². The lowest BCUT2D eigenvalue weighted by Crippen LogP contribution is -2.37. The molecule has 1 amide bonds. The third-order valence-corrected chi connectivity index (χ3v) is 6.41. The summed E-state index contributed by atoms with van der Waals surface area (Å²) in [5, 5.41) is 7.63. The molecule has 2 fully saturated rings. The smallest absolute Gasteiger partial charge is 0.255 e. The average molecular weight is 463 g/mol. The number of aromatic nitrogens is 4. The van der Waals surface area contributed by atoms with Crippen molar-refractivity contribution in [2.24, 2.45) is 5.92 Å². The number of rotatable bonds is 5. The second-order valence-electron chi connectivity index (χ2n) is 8.86. The minimum atomic E-state index is 0.0143. The second kappa shape index (κ2) is 9.68. The maximum Gasteiger partial charge on any atom is 0.255 e. The van der Waals surface area contributed by atoms with E-state index in [1.54, 1.807) is 18.3 Å². The predicted octanol–water partition coefficient (Wildman–Crippen LogP) is 2.70. The summed E-state index contributed by atoms with van der Waals surface area (Å²) in [5.41, 5.74) is 8.67. The van der Waals surface area contributed by atoms with Crippen LogP contribution >= 0.6 is 0 Å².